The Labute approximate surface area is 92.5 Å². The molecule has 0 bridgehead atoms. The smallest absolute Gasteiger partial charge is 0.139 e. The molecule has 0 aliphatic rings. The summed E-state index contributed by atoms with van der Waals surface area (Å²) in [5.74, 6) is -0.512. The van der Waals surface area contributed by atoms with Crippen molar-refractivity contribution in [3.63, 3.8) is 0 Å². The van der Waals surface area contributed by atoms with Crippen LogP contribution in [0.1, 0.15) is 20.3 Å². The van der Waals surface area contributed by atoms with Crippen LogP contribution in [0, 0.1) is 11.6 Å². The number of rotatable bonds is 4. The first kappa shape index (κ1) is 12.5. The number of hydrogen-bond donors (Lipinski definition) is 1. The molecule has 0 radical (unpaired) electrons. The van der Waals surface area contributed by atoms with Gasteiger partial charge in [0.05, 0.1) is 5.60 Å². The van der Waals surface area contributed by atoms with Crippen LogP contribution in [-0.4, -0.2) is 16.5 Å². The van der Waals surface area contributed by atoms with Gasteiger partial charge in [0.1, 0.15) is 11.6 Å². The maximum Gasteiger partial charge on any atom is 0.139 e. The molecule has 0 unspecified atom stereocenters. The second kappa shape index (κ2) is 4.94. The van der Waals surface area contributed by atoms with Crippen molar-refractivity contribution >= 4 is 11.8 Å². The van der Waals surface area contributed by atoms with E-state index in [1.807, 2.05) is 0 Å². The highest BCUT2D eigenvalue weighted by molar-refractivity contribution is 7.99. The van der Waals surface area contributed by atoms with Crippen LogP contribution in [-0.2, 0) is 0 Å². The molecule has 1 N–H and O–H groups in total. The van der Waals surface area contributed by atoms with Gasteiger partial charge in [0.25, 0.3) is 0 Å². The summed E-state index contributed by atoms with van der Waals surface area (Å²) in [7, 11) is 0. The van der Waals surface area contributed by atoms with Gasteiger partial charge in [0.15, 0.2) is 0 Å². The largest absolute Gasteiger partial charge is 0.390 e. The molecule has 1 aromatic rings. The van der Waals surface area contributed by atoms with Gasteiger partial charge in [-0.3, -0.25) is 0 Å². The molecule has 1 aromatic carbocycles. The number of thioether (sulfide) groups is 1. The van der Waals surface area contributed by atoms with Crippen molar-refractivity contribution in [3.8, 4) is 0 Å². The summed E-state index contributed by atoms with van der Waals surface area (Å²) < 4.78 is 25.7. The molecule has 0 fully saturated rings. The summed E-state index contributed by atoms with van der Waals surface area (Å²) in [5.41, 5.74) is -0.747. The molecule has 0 saturated carbocycles. The van der Waals surface area contributed by atoms with E-state index in [0.717, 1.165) is 6.07 Å². The molecule has 84 valence electrons. The van der Waals surface area contributed by atoms with E-state index < -0.39 is 17.2 Å². The lowest BCUT2D eigenvalue weighted by Crippen LogP contribution is -2.19. The van der Waals surface area contributed by atoms with Gasteiger partial charge in [-0.1, -0.05) is 0 Å². The maximum atomic E-state index is 13.1. The molecule has 0 amide bonds. The highest BCUT2D eigenvalue weighted by Gasteiger charge is 2.12. The van der Waals surface area contributed by atoms with Crippen molar-refractivity contribution in [2.45, 2.75) is 30.8 Å². The van der Waals surface area contributed by atoms with Crippen molar-refractivity contribution in [2.24, 2.45) is 0 Å². The molecule has 0 saturated heterocycles. The third-order valence-electron chi connectivity index (χ3n) is 1.87. The van der Waals surface area contributed by atoms with E-state index >= 15 is 0 Å². The average molecular weight is 232 g/mol. The van der Waals surface area contributed by atoms with Gasteiger partial charge in [0.2, 0.25) is 0 Å². The second-order valence-electron chi connectivity index (χ2n) is 3.99. The summed E-state index contributed by atoms with van der Waals surface area (Å²) in [6, 6.07) is 3.52. The van der Waals surface area contributed by atoms with Crippen LogP contribution in [0.25, 0.3) is 0 Å². The first-order valence-electron chi connectivity index (χ1n) is 4.69. The first-order chi connectivity index (χ1) is 6.88. The minimum absolute atomic E-state index is 0.417. The van der Waals surface area contributed by atoms with Crippen LogP contribution in [0.15, 0.2) is 23.1 Å². The molecule has 0 spiro atoms. The van der Waals surface area contributed by atoms with Crippen LogP contribution in [0.2, 0.25) is 0 Å². The van der Waals surface area contributed by atoms with Gasteiger partial charge < -0.3 is 5.11 Å². The number of benzene rings is 1. The predicted molar refractivity (Wildman–Crippen MR) is 58.0 cm³/mol. The standard InChI is InChI=1S/C11H14F2OS/c1-11(2,14)5-6-15-10-4-3-8(12)7-9(10)13/h3-4,7,14H,5-6H2,1-2H3. The van der Waals surface area contributed by atoms with Crippen LogP contribution in [0.5, 0.6) is 0 Å². The molecule has 0 aliphatic heterocycles. The molecule has 1 rings (SSSR count). The number of aliphatic hydroxyl groups is 1. The molecule has 0 aromatic heterocycles. The second-order valence-corrected chi connectivity index (χ2v) is 5.12. The van der Waals surface area contributed by atoms with Crippen LogP contribution >= 0.6 is 11.8 Å². The Morgan fingerprint density at radius 3 is 2.53 bits per heavy atom. The van der Waals surface area contributed by atoms with Crippen molar-refractivity contribution in [1.29, 1.82) is 0 Å². The van der Waals surface area contributed by atoms with Gasteiger partial charge in [-0.25, -0.2) is 8.78 Å². The lowest BCUT2D eigenvalue weighted by atomic mass is 10.1. The van der Waals surface area contributed by atoms with Crippen molar-refractivity contribution in [2.75, 3.05) is 5.75 Å². The fourth-order valence-corrected chi connectivity index (χ4v) is 2.19. The van der Waals surface area contributed by atoms with Gasteiger partial charge in [0, 0.05) is 16.7 Å². The summed E-state index contributed by atoms with van der Waals surface area (Å²) in [4.78, 5) is 0.417. The summed E-state index contributed by atoms with van der Waals surface area (Å²) in [6.07, 6.45) is 0.564. The minimum atomic E-state index is -0.747. The SMILES string of the molecule is CC(C)(O)CCSc1ccc(F)cc1F. The van der Waals surface area contributed by atoms with Crippen LogP contribution in [0.3, 0.4) is 0 Å². The molecule has 15 heavy (non-hydrogen) atoms. The van der Waals surface area contributed by atoms with E-state index in [1.165, 1.54) is 23.9 Å². The Kier molecular flexibility index (Phi) is 4.11. The summed E-state index contributed by atoms with van der Waals surface area (Å²) in [5, 5.41) is 9.44. The van der Waals surface area contributed by atoms with E-state index in [0.29, 0.717) is 17.1 Å². The van der Waals surface area contributed by atoms with Gasteiger partial charge in [-0.2, -0.15) is 0 Å². The highest BCUT2D eigenvalue weighted by Crippen LogP contribution is 2.24. The third kappa shape index (κ3) is 4.62. The predicted octanol–water partition coefficient (Wildman–Crippen LogP) is 3.22. The normalized spacial score (nSPS) is 11.8. The average Bonchev–Trinajstić information content (AvgIpc) is 2.07. The Hall–Kier alpha value is -0.610. The van der Waals surface area contributed by atoms with Crippen molar-refractivity contribution < 1.29 is 13.9 Å². The van der Waals surface area contributed by atoms with Crippen LogP contribution in [0.4, 0.5) is 8.78 Å². The van der Waals surface area contributed by atoms with Crippen molar-refractivity contribution in [1.82, 2.24) is 0 Å². The summed E-state index contributed by atoms with van der Waals surface area (Å²) in [6.45, 7) is 3.41. The quantitative estimate of drug-likeness (QED) is 0.804. The summed E-state index contributed by atoms with van der Waals surface area (Å²) >= 11 is 1.28. The van der Waals surface area contributed by atoms with E-state index in [-0.39, 0.29) is 0 Å². The van der Waals surface area contributed by atoms with Gasteiger partial charge >= 0.3 is 0 Å². The Morgan fingerprint density at radius 2 is 2.00 bits per heavy atom. The zero-order valence-corrected chi connectivity index (χ0v) is 9.57. The monoisotopic (exact) mass is 232 g/mol. The van der Waals surface area contributed by atoms with E-state index in [4.69, 9.17) is 0 Å². The molecule has 0 aliphatic carbocycles. The fraction of sp³-hybridized carbons (Fsp3) is 0.455. The first-order valence-corrected chi connectivity index (χ1v) is 5.67. The zero-order chi connectivity index (χ0) is 11.5. The van der Waals surface area contributed by atoms with E-state index in [9.17, 15) is 13.9 Å². The lowest BCUT2D eigenvalue weighted by Gasteiger charge is -2.16. The molecular weight excluding hydrogens is 218 g/mol. The Balaban J connectivity index is 2.51. The molecule has 1 nitrogen and oxygen atoms in total. The maximum absolute atomic E-state index is 13.1. The number of hydrogen-bond acceptors (Lipinski definition) is 2. The topological polar surface area (TPSA) is 20.2 Å². The molecular formula is C11H14F2OS. The third-order valence-corrected chi connectivity index (χ3v) is 2.92. The minimum Gasteiger partial charge on any atom is -0.390 e. The fourth-order valence-electron chi connectivity index (χ4n) is 1.00. The van der Waals surface area contributed by atoms with Crippen molar-refractivity contribution in [3.05, 3.63) is 29.8 Å². The van der Waals surface area contributed by atoms with Gasteiger partial charge in [-0.05, 0) is 32.4 Å². The molecule has 4 heteroatoms. The molecule has 0 heterocycles. The lowest BCUT2D eigenvalue weighted by molar-refractivity contribution is 0.0777. The Bertz CT molecular complexity index is 334. The van der Waals surface area contributed by atoms with Gasteiger partial charge in [-0.15, -0.1) is 11.8 Å². The molecule has 0 atom stereocenters. The highest BCUT2D eigenvalue weighted by atomic mass is 32.2. The van der Waals surface area contributed by atoms with Crippen LogP contribution < -0.4 is 0 Å². The number of halogens is 2. The van der Waals surface area contributed by atoms with E-state index in [1.54, 1.807) is 13.8 Å². The zero-order valence-electron chi connectivity index (χ0n) is 8.76. The Morgan fingerprint density at radius 1 is 1.33 bits per heavy atom. The van der Waals surface area contributed by atoms with E-state index in [2.05, 4.69) is 0 Å².